The van der Waals surface area contributed by atoms with E-state index < -0.39 is 5.82 Å². The second-order valence-corrected chi connectivity index (χ2v) is 4.57. The first kappa shape index (κ1) is 14.7. The van der Waals surface area contributed by atoms with Crippen molar-refractivity contribution in [3.63, 3.8) is 0 Å². The van der Waals surface area contributed by atoms with Gasteiger partial charge < -0.3 is 10.2 Å². The summed E-state index contributed by atoms with van der Waals surface area (Å²) < 4.78 is 19.2. The quantitative estimate of drug-likeness (QED) is 0.663. The van der Waals surface area contributed by atoms with Crippen LogP contribution in [0.25, 0.3) is 0 Å². The molecule has 0 atom stereocenters. The molecule has 0 saturated carbocycles. The van der Waals surface area contributed by atoms with Crippen LogP contribution in [0.4, 0.5) is 10.2 Å². The molecule has 21 heavy (non-hydrogen) atoms. The number of ether oxygens (including phenoxy) is 1. The van der Waals surface area contributed by atoms with Gasteiger partial charge in [0.05, 0.1) is 5.56 Å². The molecule has 0 bridgehead atoms. The third-order valence-electron chi connectivity index (χ3n) is 2.86. The van der Waals surface area contributed by atoms with Crippen molar-refractivity contribution in [1.82, 2.24) is 9.97 Å². The molecule has 0 spiro atoms. The highest BCUT2D eigenvalue weighted by Gasteiger charge is 2.18. The van der Waals surface area contributed by atoms with Gasteiger partial charge in [-0.3, -0.25) is 0 Å². The molecular weight excluding hydrogens is 273 g/mol. The highest BCUT2D eigenvalue weighted by atomic mass is 19.1. The normalized spacial score (nSPS) is 10.3. The fraction of sp³-hybridized carbons (Fsp3) is 0.214. The van der Waals surface area contributed by atoms with Crippen molar-refractivity contribution in [2.24, 2.45) is 5.84 Å². The molecule has 108 valence electrons. The molecule has 0 radical (unpaired) electrons. The summed E-state index contributed by atoms with van der Waals surface area (Å²) in [5, 5.41) is 9.02. The van der Waals surface area contributed by atoms with Crippen LogP contribution in [0, 0.1) is 17.1 Å². The van der Waals surface area contributed by atoms with E-state index >= 15 is 0 Å². The van der Waals surface area contributed by atoms with Crippen molar-refractivity contribution in [3.8, 4) is 17.7 Å². The van der Waals surface area contributed by atoms with Crippen LogP contribution in [-0.4, -0.2) is 9.97 Å². The average molecular weight is 287 g/mol. The number of nitrogen functional groups attached to an aromatic ring is 1. The maximum Gasteiger partial charge on any atom is 0.228 e. The molecule has 0 aliphatic rings. The number of hydrogen-bond acceptors (Lipinski definition) is 6. The van der Waals surface area contributed by atoms with Crippen molar-refractivity contribution in [2.75, 3.05) is 5.43 Å². The van der Waals surface area contributed by atoms with Crippen LogP contribution in [0.15, 0.2) is 24.5 Å². The largest absolute Gasteiger partial charge is 0.437 e. The van der Waals surface area contributed by atoms with Gasteiger partial charge in [-0.15, -0.1) is 0 Å². The van der Waals surface area contributed by atoms with Gasteiger partial charge in [-0.25, -0.2) is 20.2 Å². The Morgan fingerprint density at radius 3 is 2.76 bits per heavy atom. The molecule has 2 rings (SSSR count). The maximum atomic E-state index is 13.6. The minimum Gasteiger partial charge on any atom is -0.437 e. The molecule has 0 saturated heterocycles. The van der Waals surface area contributed by atoms with Gasteiger partial charge in [0.1, 0.15) is 29.5 Å². The molecule has 3 N–H and O–H groups in total. The summed E-state index contributed by atoms with van der Waals surface area (Å²) in [6.45, 7) is 3.84. The number of benzene rings is 1. The smallest absolute Gasteiger partial charge is 0.228 e. The van der Waals surface area contributed by atoms with Crippen molar-refractivity contribution < 1.29 is 9.13 Å². The Labute approximate surface area is 121 Å². The number of nitrogens with one attached hydrogen (secondary N) is 1. The average Bonchev–Trinajstić information content (AvgIpc) is 2.47. The summed E-state index contributed by atoms with van der Waals surface area (Å²) in [5.74, 6) is 5.55. The van der Waals surface area contributed by atoms with Gasteiger partial charge in [0.25, 0.3) is 0 Å². The summed E-state index contributed by atoms with van der Waals surface area (Å²) in [4.78, 5) is 8.06. The van der Waals surface area contributed by atoms with E-state index in [4.69, 9.17) is 15.8 Å². The van der Waals surface area contributed by atoms with Crippen LogP contribution in [0.1, 0.15) is 30.9 Å². The van der Waals surface area contributed by atoms with Gasteiger partial charge in [0.15, 0.2) is 5.82 Å². The lowest BCUT2D eigenvalue weighted by molar-refractivity contribution is 0.445. The lowest BCUT2D eigenvalue weighted by Gasteiger charge is -2.15. The standard InChI is InChI=1S/C14H14FN5O/c1-8(2)12-13(20-17)18-7-19-14(12)21-11-5-3-4-10(15)9(11)6-16/h3-5,7-8H,17H2,1-2H3,(H,18,19,20). The Kier molecular flexibility index (Phi) is 4.30. The first-order chi connectivity index (χ1) is 10.1. The molecule has 1 aromatic carbocycles. The van der Waals surface area contributed by atoms with E-state index in [9.17, 15) is 4.39 Å². The molecule has 2 aromatic rings. The predicted octanol–water partition coefficient (Wildman–Crippen LogP) is 2.69. The molecule has 0 amide bonds. The molecule has 1 heterocycles. The summed E-state index contributed by atoms with van der Waals surface area (Å²) in [5.41, 5.74) is 2.95. The molecule has 0 aliphatic carbocycles. The molecule has 6 nitrogen and oxygen atoms in total. The third kappa shape index (κ3) is 2.90. The van der Waals surface area contributed by atoms with Crippen LogP contribution in [0.2, 0.25) is 0 Å². The number of nitrogens with zero attached hydrogens (tertiary/aromatic N) is 3. The summed E-state index contributed by atoms with van der Waals surface area (Å²) in [6, 6.07) is 5.94. The molecule has 7 heteroatoms. The number of nitrogens with two attached hydrogens (primary N) is 1. The van der Waals surface area contributed by atoms with E-state index in [0.717, 1.165) is 0 Å². The van der Waals surface area contributed by atoms with Gasteiger partial charge in [-0.05, 0) is 18.1 Å². The molecular formula is C14H14FN5O. The van der Waals surface area contributed by atoms with Crippen molar-refractivity contribution in [2.45, 2.75) is 19.8 Å². The Hall–Kier alpha value is -2.72. The number of rotatable bonds is 4. The van der Waals surface area contributed by atoms with E-state index in [1.807, 2.05) is 13.8 Å². The number of halogens is 1. The SMILES string of the molecule is CC(C)c1c(NN)ncnc1Oc1cccc(F)c1C#N. The third-order valence-corrected chi connectivity index (χ3v) is 2.86. The monoisotopic (exact) mass is 287 g/mol. The zero-order valence-corrected chi connectivity index (χ0v) is 11.6. The van der Waals surface area contributed by atoms with Gasteiger partial charge >= 0.3 is 0 Å². The summed E-state index contributed by atoms with van der Waals surface area (Å²) in [6.07, 6.45) is 1.28. The molecule has 0 aliphatic heterocycles. The number of nitriles is 1. The number of aromatic nitrogens is 2. The Morgan fingerprint density at radius 2 is 2.14 bits per heavy atom. The highest BCUT2D eigenvalue weighted by Crippen LogP contribution is 2.34. The summed E-state index contributed by atoms with van der Waals surface area (Å²) in [7, 11) is 0. The van der Waals surface area contributed by atoms with Gasteiger partial charge in [0, 0.05) is 0 Å². The maximum absolute atomic E-state index is 13.6. The van der Waals surface area contributed by atoms with Crippen LogP contribution in [-0.2, 0) is 0 Å². The van der Waals surface area contributed by atoms with Gasteiger partial charge in [0.2, 0.25) is 5.88 Å². The predicted molar refractivity (Wildman–Crippen MR) is 75.1 cm³/mol. The van der Waals surface area contributed by atoms with Crippen LogP contribution in [0.5, 0.6) is 11.6 Å². The topological polar surface area (TPSA) is 96.8 Å². The summed E-state index contributed by atoms with van der Waals surface area (Å²) >= 11 is 0. The fourth-order valence-electron chi connectivity index (χ4n) is 1.90. The molecule has 0 fully saturated rings. The number of hydrazine groups is 1. The zero-order valence-electron chi connectivity index (χ0n) is 11.6. The Balaban J connectivity index is 2.51. The Morgan fingerprint density at radius 1 is 1.38 bits per heavy atom. The number of anilines is 1. The van der Waals surface area contributed by atoms with E-state index in [0.29, 0.717) is 11.4 Å². The van der Waals surface area contributed by atoms with Gasteiger partial charge in [-0.2, -0.15) is 5.26 Å². The fourth-order valence-corrected chi connectivity index (χ4v) is 1.90. The Bertz CT molecular complexity index is 696. The first-order valence-electron chi connectivity index (χ1n) is 6.26. The van der Waals surface area contributed by atoms with Crippen molar-refractivity contribution >= 4 is 5.82 Å². The van der Waals surface area contributed by atoms with Gasteiger partial charge in [-0.1, -0.05) is 19.9 Å². The van der Waals surface area contributed by atoms with Crippen molar-refractivity contribution in [1.29, 1.82) is 5.26 Å². The minimum atomic E-state index is -0.646. The first-order valence-corrected chi connectivity index (χ1v) is 6.26. The second-order valence-electron chi connectivity index (χ2n) is 4.57. The minimum absolute atomic E-state index is 0.0198. The molecule has 1 aromatic heterocycles. The van der Waals surface area contributed by atoms with Crippen LogP contribution < -0.4 is 16.0 Å². The lowest BCUT2D eigenvalue weighted by atomic mass is 10.1. The molecule has 0 unspecified atom stereocenters. The van der Waals surface area contributed by atoms with E-state index in [-0.39, 0.29) is 23.1 Å². The lowest BCUT2D eigenvalue weighted by Crippen LogP contribution is -2.13. The van der Waals surface area contributed by atoms with Crippen LogP contribution >= 0.6 is 0 Å². The highest BCUT2D eigenvalue weighted by molar-refractivity contribution is 5.52. The van der Waals surface area contributed by atoms with Crippen LogP contribution in [0.3, 0.4) is 0 Å². The van der Waals surface area contributed by atoms with Crippen molar-refractivity contribution in [3.05, 3.63) is 41.5 Å². The van der Waals surface area contributed by atoms with E-state index in [2.05, 4.69) is 15.4 Å². The van der Waals surface area contributed by atoms with E-state index in [1.54, 1.807) is 6.07 Å². The zero-order chi connectivity index (χ0) is 15.4. The second kappa shape index (κ2) is 6.15. The van der Waals surface area contributed by atoms with E-state index in [1.165, 1.54) is 24.5 Å². The number of hydrogen-bond donors (Lipinski definition) is 2.